The average molecular weight is 276 g/mol. The molecule has 3 rings (SSSR count). The molecule has 1 saturated heterocycles. The molecule has 2 heterocycles. The molecule has 1 aromatic heterocycles. The molecule has 5 heteroatoms. The Hall–Kier alpha value is -1.52. The van der Waals surface area contributed by atoms with Gasteiger partial charge < -0.3 is 10.6 Å². The van der Waals surface area contributed by atoms with Gasteiger partial charge in [-0.3, -0.25) is 9.89 Å². The molecule has 0 radical (unpaired) electrons. The van der Waals surface area contributed by atoms with E-state index in [1.807, 2.05) is 4.90 Å². The summed E-state index contributed by atoms with van der Waals surface area (Å²) in [5, 5.41) is 7.19. The maximum atomic E-state index is 12.8. The molecule has 5 nitrogen and oxygen atoms in total. The predicted molar refractivity (Wildman–Crippen MR) is 78.6 cm³/mol. The molecule has 2 fully saturated rings. The van der Waals surface area contributed by atoms with Crippen LogP contribution in [-0.2, 0) is 0 Å². The molecule has 1 saturated carbocycles. The Morgan fingerprint density at radius 3 is 2.85 bits per heavy atom. The van der Waals surface area contributed by atoms with Crippen molar-refractivity contribution < 1.29 is 4.79 Å². The van der Waals surface area contributed by atoms with Gasteiger partial charge in [0.15, 0.2) is 5.69 Å². The Bertz CT molecular complexity index is 492. The quantitative estimate of drug-likeness (QED) is 0.891. The molecule has 20 heavy (non-hydrogen) atoms. The summed E-state index contributed by atoms with van der Waals surface area (Å²) in [5.74, 6) is 0.509. The molecule has 2 aliphatic rings. The van der Waals surface area contributed by atoms with Gasteiger partial charge in [0.25, 0.3) is 5.91 Å². The first-order valence-corrected chi connectivity index (χ1v) is 7.87. The van der Waals surface area contributed by atoms with E-state index in [1.54, 1.807) is 0 Å². The van der Waals surface area contributed by atoms with Gasteiger partial charge in [0.2, 0.25) is 0 Å². The van der Waals surface area contributed by atoms with Gasteiger partial charge in [-0.1, -0.05) is 19.8 Å². The highest BCUT2D eigenvalue weighted by atomic mass is 16.2. The summed E-state index contributed by atoms with van der Waals surface area (Å²) in [5.41, 5.74) is 8.12. The van der Waals surface area contributed by atoms with Crippen molar-refractivity contribution in [1.29, 1.82) is 0 Å². The number of H-pyrrole nitrogens is 1. The van der Waals surface area contributed by atoms with Crippen LogP contribution in [0.15, 0.2) is 0 Å². The van der Waals surface area contributed by atoms with E-state index in [-0.39, 0.29) is 5.91 Å². The van der Waals surface area contributed by atoms with Crippen LogP contribution in [0.4, 0.5) is 5.69 Å². The zero-order chi connectivity index (χ0) is 14.1. The number of nitrogens with one attached hydrogen (secondary N) is 1. The first-order chi connectivity index (χ1) is 9.72. The minimum Gasteiger partial charge on any atom is -0.395 e. The summed E-state index contributed by atoms with van der Waals surface area (Å²) in [6, 6.07) is 0.338. The molecule has 0 aromatic carbocycles. The van der Waals surface area contributed by atoms with E-state index >= 15 is 0 Å². The summed E-state index contributed by atoms with van der Waals surface area (Å²) in [6.07, 6.45) is 7.92. The van der Waals surface area contributed by atoms with Crippen molar-refractivity contribution in [3.63, 3.8) is 0 Å². The molecule has 1 amide bonds. The monoisotopic (exact) mass is 276 g/mol. The van der Waals surface area contributed by atoms with Gasteiger partial charge in [-0.25, -0.2) is 0 Å². The third-order valence-corrected chi connectivity index (χ3v) is 4.63. The number of likely N-dealkylation sites (tertiary alicyclic amines) is 1. The second kappa shape index (κ2) is 5.46. The summed E-state index contributed by atoms with van der Waals surface area (Å²) in [6.45, 7) is 2.99. The van der Waals surface area contributed by atoms with Gasteiger partial charge in [-0.15, -0.1) is 0 Å². The zero-order valence-electron chi connectivity index (χ0n) is 12.2. The Labute approximate surface area is 119 Å². The van der Waals surface area contributed by atoms with Crippen molar-refractivity contribution in [1.82, 2.24) is 15.1 Å². The number of hydrogen-bond donors (Lipinski definition) is 2. The number of amides is 1. The number of aromatic nitrogens is 2. The van der Waals surface area contributed by atoms with Gasteiger partial charge in [-0.2, -0.15) is 5.10 Å². The molecule has 110 valence electrons. The minimum atomic E-state index is 0.0133. The van der Waals surface area contributed by atoms with E-state index in [0.29, 0.717) is 23.3 Å². The molecule has 0 bridgehead atoms. The molecule has 1 atom stereocenters. The van der Waals surface area contributed by atoms with Crippen LogP contribution < -0.4 is 5.73 Å². The molecule has 0 spiro atoms. The Morgan fingerprint density at radius 2 is 2.15 bits per heavy atom. The number of nitrogens with zero attached hydrogens (tertiary/aromatic N) is 2. The molecule has 1 aliphatic heterocycles. The largest absolute Gasteiger partial charge is 0.395 e. The molecular formula is C15H24N4O. The summed E-state index contributed by atoms with van der Waals surface area (Å²) in [4.78, 5) is 14.8. The summed E-state index contributed by atoms with van der Waals surface area (Å²) >= 11 is 0. The minimum absolute atomic E-state index is 0.0133. The van der Waals surface area contributed by atoms with Gasteiger partial charge >= 0.3 is 0 Å². The van der Waals surface area contributed by atoms with Crippen molar-refractivity contribution in [2.75, 3.05) is 12.3 Å². The first-order valence-electron chi connectivity index (χ1n) is 7.87. The normalized spacial score (nSPS) is 23.6. The third kappa shape index (κ3) is 2.41. The SMILES string of the molecule is CCC1CCCCCN1C(=O)c1n[nH]c(C2CC2)c1N. The van der Waals surface area contributed by atoms with Gasteiger partial charge in [-0.05, 0) is 32.1 Å². The van der Waals surface area contributed by atoms with Crippen LogP contribution in [-0.4, -0.2) is 33.6 Å². The topological polar surface area (TPSA) is 75.0 Å². The third-order valence-electron chi connectivity index (χ3n) is 4.63. The number of anilines is 1. The van der Waals surface area contributed by atoms with Crippen molar-refractivity contribution >= 4 is 11.6 Å². The fraction of sp³-hybridized carbons (Fsp3) is 0.733. The number of carbonyl (C=O) groups is 1. The van der Waals surface area contributed by atoms with E-state index in [2.05, 4.69) is 17.1 Å². The number of nitrogen functional groups attached to an aromatic ring is 1. The van der Waals surface area contributed by atoms with E-state index in [9.17, 15) is 4.79 Å². The Balaban J connectivity index is 1.82. The highest BCUT2D eigenvalue weighted by molar-refractivity contribution is 5.98. The summed E-state index contributed by atoms with van der Waals surface area (Å²) < 4.78 is 0. The average Bonchev–Trinajstić information content (AvgIpc) is 3.25. The smallest absolute Gasteiger partial charge is 0.276 e. The van der Waals surface area contributed by atoms with Crippen LogP contribution in [0, 0.1) is 0 Å². The highest BCUT2D eigenvalue weighted by Crippen LogP contribution is 2.42. The fourth-order valence-electron chi connectivity index (χ4n) is 3.22. The molecule has 1 aliphatic carbocycles. The van der Waals surface area contributed by atoms with E-state index in [1.165, 1.54) is 12.8 Å². The lowest BCUT2D eigenvalue weighted by atomic mass is 10.1. The molecular weight excluding hydrogens is 252 g/mol. The molecule has 1 unspecified atom stereocenters. The van der Waals surface area contributed by atoms with Crippen LogP contribution >= 0.6 is 0 Å². The number of aromatic amines is 1. The summed E-state index contributed by atoms with van der Waals surface area (Å²) in [7, 11) is 0. The molecule has 3 N–H and O–H groups in total. The van der Waals surface area contributed by atoms with Crippen molar-refractivity contribution in [3.8, 4) is 0 Å². The Morgan fingerprint density at radius 1 is 1.35 bits per heavy atom. The van der Waals surface area contributed by atoms with Crippen LogP contribution in [0.2, 0.25) is 0 Å². The number of carbonyl (C=O) groups excluding carboxylic acids is 1. The van der Waals surface area contributed by atoms with Crippen LogP contribution in [0.3, 0.4) is 0 Å². The van der Waals surface area contributed by atoms with E-state index < -0.39 is 0 Å². The van der Waals surface area contributed by atoms with Crippen molar-refractivity contribution in [3.05, 3.63) is 11.4 Å². The van der Waals surface area contributed by atoms with Crippen molar-refractivity contribution in [2.45, 2.75) is 63.8 Å². The lowest BCUT2D eigenvalue weighted by Gasteiger charge is -2.28. The number of hydrogen-bond acceptors (Lipinski definition) is 3. The number of nitrogens with two attached hydrogens (primary N) is 1. The maximum absolute atomic E-state index is 12.8. The van der Waals surface area contributed by atoms with E-state index in [0.717, 1.165) is 44.3 Å². The van der Waals surface area contributed by atoms with Gasteiger partial charge in [0, 0.05) is 18.5 Å². The second-order valence-electron chi connectivity index (χ2n) is 6.08. The second-order valence-corrected chi connectivity index (χ2v) is 6.08. The lowest BCUT2D eigenvalue weighted by molar-refractivity contribution is 0.0673. The standard InChI is InChI=1S/C15H24N4O/c1-2-11-6-4-3-5-9-19(11)15(20)14-12(16)13(17-18-14)10-7-8-10/h10-11H,2-9,16H2,1H3,(H,17,18). The maximum Gasteiger partial charge on any atom is 0.276 e. The van der Waals surface area contributed by atoms with Crippen LogP contribution in [0.1, 0.15) is 74.0 Å². The van der Waals surface area contributed by atoms with Gasteiger partial charge in [0.05, 0.1) is 11.4 Å². The zero-order valence-corrected chi connectivity index (χ0v) is 12.2. The lowest BCUT2D eigenvalue weighted by Crippen LogP contribution is -2.40. The van der Waals surface area contributed by atoms with Crippen molar-refractivity contribution in [2.24, 2.45) is 0 Å². The van der Waals surface area contributed by atoms with Crippen LogP contribution in [0.25, 0.3) is 0 Å². The fourth-order valence-corrected chi connectivity index (χ4v) is 3.22. The van der Waals surface area contributed by atoms with E-state index in [4.69, 9.17) is 5.73 Å². The van der Waals surface area contributed by atoms with Gasteiger partial charge in [0.1, 0.15) is 0 Å². The number of rotatable bonds is 3. The first kappa shape index (κ1) is 13.5. The predicted octanol–water partition coefficient (Wildman–Crippen LogP) is 2.66. The highest BCUT2D eigenvalue weighted by Gasteiger charge is 2.33. The van der Waals surface area contributed by atoms with Crippen LogP contribution in [0.5, 0.6) is 0 Å². The Kier molecular flexibility index (Phi) is 3.68. The molecule has 1 aromatic rings.